The van der Waals surface area contributed by atoms with Crippen LogP contribution in [-0.2, 0) is 12.4 Å². The van der Waals surface area contributed by atoms with Gasteiger partial charge in [0, 0.05) is 28.4 Å². The second kappa shape index (κ2) is 9.25. The van der Waals surface area contributed by atoms with Gasteiger partial charge in [-0.15, -0.1) is 0 Å². The molecule has 0 aliphatic heterocycles. The highest BCUT2D eigenvalue weighted by atomic mass is 19.4. The van der Waals surface area contributed by atoms with Crippen LogP contribution in [0.3, 0.4) is 0 Å². The third-order valence-corrected chi connectivity index (χ3v) is 5.52. The Morgan fingerprint density at radius 1 is 0.889 bits per heavy atom. The summed E-state index contributed by atoms with van der Waals surface area (Å²) in [6, 6.07) is 12.5. The van der Waals surface area contributed by atoms with Crippen LogP contribution in [-0.4, -0.2) is 10.9 Å². The summed E-state index contributed by atoms with van der Waals surface area (Å²) in [6.45, 7) is 3.81. The number of benzene rings is 3. The number of ether oxygens (including phenoxy) is 1. The number of rotatable bonds is 5. The van der Waals surface area contributed by atoms with Crippen LogP contribution in [0.15, 0.2) is 66.9 Å². The molecule has 0 fully saturated rings. The van der Waals surface area contributed by atoms with Gasteiger partial charge in [-0.1, -0.05) is 32.0 Å². The highest BCUT2D eigenvalue weighted by Gasteiger charge is 2.43. The van der Waals surface area contributed by atoms with Gasteiger partial charge in [-0.05, 0) is 53.9 Å². The molecule has 10 heteroatoms. The Hall–Kier alpha value is -3.95. The lowest BCUT2D eigenvalue weighted by Gasteiger charge is -2.21. The van der Waals surface area contributed by atoms with Crippen LogP contribution < -0.4 is 10.1 Å². The normalized spacial score (nSPS) is 12.2. The molecule has 0 unspecified atom stereocenters. The van der Waals surface area contributed by atoms with Gasteiger partial charge in [0.1, 0.15) is 16.9 Å². The van der Waals surface area contributed by atoms with Gasteiger partial charge in [-0.25, -0.2) is 0 Å². The van der Waals surface area contributed by atoms with Gasteiger partial charge in [0.25, 0.3) is 5.91 Å². The number of carbonyl (C=O) groups is 1. The maximum absolute atomic E-state index is 14.0. The molecule has 0 spiro atoms. The van der Waals surface area contributed by atoms with Crippen LogP contribution in [0.1, 0.15) is 46.8 Å². The summed E-state index contributed by atoms with van der Waals surface area (Å²) >= 11 is 0. The molecule has 0 aliphatic rings. The zero-order valence-corrected chi connectivity index (χ0v) is 19.0. The molecule has 3 aromatic carbocycles. The standard InChI is InChI=1S/C26H20F6N2O2/c1-14(2)19-13-33-22-9-8-17(12-18(19)22)36-23-20(25(27,28)29)10-16(11-21(23)26(30,31)32)34-24(35)15-6-4-3-5-7-15/h3-14,33H,1-2H3,(H,34,35). The molecule has 36 heavy (non-hydrogen) atoms. The van der Waals surface area contributed by atoms with E-state index in [0.29, 0.717) is 23.0 Å². The van der Waals surface area contributed by atoms with Crippen LogP contribution in [0.4, 0.5) is 32.0 Å². The van der Waals surface area contributed by atoms with E-state index in [9.17, 15) is 31.1 Å². The fourth-order valence-electron chi connectivity index (χ4n) is 3.81. The second-order valence-corrected chi connectivity index (χ2v) is 8.42. The Kier molecular flexibility index (Phi) is 6.46. The molecule has 188 valence electrons. The highest BCUT2D eigenvalue weighted by Crippen LogP contribution is 2.47. The van der Waals surface area contributed by atoms with Crippen molar-refractivity contribution in [2.75, 3.05) is 5.32 Å². The molecule has 4 aromatic rings. The molecule has 1 heterocycles. The molecular formula is C26H20F6N2O2. The first kappa shape index (κ1) is 25.2. The van der Waals surface area contributed by atoms with Crippen LogP contribution >= 0.6 is 0 Å². The third-order valence-electron chi connectivity index (χ3n) is 5.52. The summed E-state index contributed by atoms with van der Waals surface area (Å²) in [5.41, 5.74) is -2.43. The molecular weight excluding hydrogens is 486 g/mol. The van der Waals surface area contributed by atoms with Crippen molar-refractivity contribution in [3.8, 4) is 11.5 Å². The molecule has 0 aliphatic carbocycles. The van der Waals surface area contributed by atoms with E-state index in [1.165, 1.54) is 42.5 Å². The second-order valence-electron chi connectivity index (χ2n) is 8.42. The first-order chi connectivity index (χ1) is 16.8. The predicted octanol–water partition coefficient (Wildman–Crippen LogP) is 8.37. The zero-order chi connectivity index (χ0) is 26.3. The number of nitrogens with one attached hydrogen (secondary N) is 2. The number of fused-ring (bicyclic) bond motifs is 1. The number of hydrogen-bond acceptors (Lipinski definition) is 2. The molecule has 0 atom stereocenters. The van der Waals surface area contributed by atoms with Gasteiger partial charge in [0.15, 0.2) is 5.75 Å². The van der Waals surface area contributed by atoms with Gasteiger partial charge in [-0.3, -0.25) is 4.79 Å². The Labute approximate surface area is 201 Å². The Bertz CT molecular complexity index is 1370. The molecule has 1 aromatic heterocycles. The Morgan fingerprint density at radius 3 is 2.06 bits per heavy atom. The first-order valence-electron chi connectivity index (χ1n) is 10.8. The lowest BCUT2D eigenvalue weighted by molar-refractivity contribution is -0.144. The van der Waals surface area contributed by atoms with Crippen molar-refractivity contribution in [1.82, 2.24) is 4.98 Å². The van der Waals surface area contributed by atoms with E-state index in [-0.39, 0.29) is 17.2 Å². The van der Waals surface area contributed by atoms with E-state index >= 15 is 0 Å². The average Bonchev–Trinajstić information content (AvgIpc) is 3.22. The fourth-order valence-corrected chi connectivity index (χ4v) is 3.81. The maximum atomic E-state index is 14.0. The van der Waals surface area contributed by atoms with Crippen molar-refractivity contribution < 1.29 is 35.9 Å². The minimum atomic E-state index is -5.20. The largest absolute Gasteiger partial charge is 0.456 e. The van der Waals surface area contributed by atoms with E-state index in [2.05, 4.69) is 10.3 Å². The van der Waals surface area contributed by atoms with Gasteiger partial charge >= 0.3 is 12.4 Å². The summed E-state index contributed by atoms with van der Waals surface area (Å²) in [7, 11) is 0. The maximum Gasteiger partial charge on any atom is 0.420 e. The third kappa shape index (κ3) is 5.17. The molecule has 4 rings (SSSR count). The fraction of sp³-hybridized carbons (Fsp3) is 0.192. The van der Waals surface area contributed by atoms with Crippen molar-refractivity contribution >= 4 is 22.5 Å². The number of halogens is 6. The van der Waals surface area contributed by atoms with Crippen LogP contribution in [0.5, 0.6) is 11.5 Å². The number of aromatic amines is 1. The van der Waals surface area contributed by atoms with E-state index in [0.717, 1.165) is 5.56 Å². The van der Waals surface area contributed by atoms with Crippen molar-refractivity contribution in [3.05, 3.63) is 89.1 Å². The van der Waals surface area contributed by atoms with E-state index in [4.69, 9.17) is 4.74 Å². The number of amides is 1. The van der Waals surface area contributed by atoms with E-state index < -0.39 is 40.8 Å². The van der Waals surface area contributed by atoms with Crippen molar-refractivity contribution in [3.63, 3.8) is 0 Å². The molecule has 4 nitrogen and oxygen atoms in total. The first-order valence-corrected chi connectivity index (χ1v) is 10.8. The number of alkyl halides is 6. The van der Waals surface area contributed by atoms with Crippen molar-refractivity contribution in [2.24, 2.45) is 0 Å². The summed E-state index contributed by atoms with van der Waals surface area (Å²) in [6.07, 6.45) is -8.68. The average molecular weight is 506 g/mol. The zero-order valence-electron chi connectivity index (χ0n) is 19.0. The quantitative estimate of drug-likeness (QED) is 0.267. The minimum Gasteiger partial charge on any atom is -0.456 e. The van der Waals surface area contributed by atoms with Gasteiger partial charge in [-0.2, -0.15) is 26.3 Å². The van der Waals surface area contributed by atoms with Gasteiger partial charge in [0.05, 0.1) is 0 Å². The molecule has 0 radical (unpaired) electrons. The molecule has 0 saturated heterocycles. The number of aromatic nitrogens is 1. The lowest BCUT2D eigenvalue weighted by Crippen LogP contribution is -2.17. The molecule has 0 saturated carbocycles. The van der Waals surface area contributed by atoms with Crippen LogP contribution in [0.2, 0.25) is 0 Å². The Morgan fingerprint density at radius 2 is 1.50 bits per heavy atom. The highest BCUT2D eigenvalue weighted by molar-refractivity contribution is 6.04. The van der Waals surface area contributed by atoms with Crippen LogP contribution in [0, 0.1) is 0 Å². The van der Waals surface area contributed by atoms with Gasteiger partial charge < -0.3 is 15.0 Å². The number of carbonyl (C=O) groups excluding carboxylic acids is 1. The minimum absolute atomic E-state index is 0.0537. The summed E-state index contributed by atoms with van der Waals surface area (Å²) in [5.74, 6) is -2.39. The van der Waals surface area contributed by atoms with Crippen LogP contribution in [0.25, 0.3) is 10.9 Å². The summed E-state index contributed by atoms with van der Waals surface area (Å²) < 4.78 is 89.1. The van der Waals surface area contributed by atoms with E-state index in [1.54, 1.807) is 12.3 Å². The summed E-state index contributed by atoms with van der Waals surface area (Å²) in [5, 5.41) is 2.74. The van der Waals surface area contributed by atoms with Crippen molar-refractivity contribution in [1.29, 1.82) is 0 Å². The predicted molar refractivity (Wildman–Crippen MR) is 123 cm³/mol. The smallest absolute Gasteiger partial charge is 0.420 e. The number of anilines is 1. The Balaban J connectivity index is 1.82. The monoisotopic (exact) mass is 506 g/mol. The van der Waals surface area contributed by atoms with E-state index in [1.807, 2.05) is 13.8 Å². The molecule has 1 amide bonds. The molecule has 0 bridgehead atoms. The topological polar surface area (TPSA) is 54.1 Å². The lowest BCUT2D eigenvalue weighted by atomic mass is 10.0. The SMILES string of the molecule is CC(C)c1c[nH]c2ccc(Oc3c(C(F)(F)F)cc(NC(=O)c4ccccc4)cc3C(F)(F)F)cc12. The number of hydrogen-bond donors (Lipinski definition) is 2. The number of H-pyrrole nitrogens is 1. The van der Waals surface area contributed by atoms with Gasteiger partial charge in [0.2, 0.25) is 0 Å². The molecule has 2 N–H and O–H groups in total. The summed E-state index contributed by atoms with van der Waals surface area (Å²) in [4.78, 5) is 15.4. The van der Waals surface area contributed by atoms with Crippen molar-refractivity contribution in [2.45, 2.75) is 32.1 Å².